The highest BCUT2D eigenvalue weighted by Gasteiger charge is 2.19. The van der Waals surface area contributed by atoms with Gasteiger partial charge in [-0.3, -0.25) is 0 Å². The number of rotatable bonds is 2. The van der Waals surface area contributed by atoms with Gasteiger partial charge < -0.3 is 9.08 Å². The smallest absolute Gasteiger partial charge is 0.0766 e. The van der Waals surface area contributed by atoms with Gasteiger partial charge in [-0.05, 0) is 39.3 Å². The number of hydrogen-bond donors (Lipinski definition) is 1. The number of nitrogens with zero attached hydrogens (tertiary/aromatic N) is 1. The van der Waals surface area contributed by atoms with E-state index in [1.807, 2.05) is 0 Å². The molecule has 0 aromatic heterocycles. The van der Waals surface area contributed by atoms with Crippen LogP contribution in [0.5, 0.6) is 0 Å². The van der Waals surface area contributed by atoms with Crippen LogP contribution in [-0.2, 0) is 4.18 Å². The van der Waals surface area contributed by atoms with Gasteiger partial charge in [0.25, 0.3) is 0 Å². The first kappa shape index (κ1) is 7.38. The minimum atomic E-state index is 0.613. The molecular formula is C6H13NOS. The van der Waals surface area contributed by atoms with Gasteiger partial charge in [0, 0.05) is 6.04 Å². The maximum absolute atomic E-state index is 4.75. The van der Waals surface area contributed by atoms with E-state index in [0.29, 0.717) is 6.04 Å². The number of thiol groups is 1. The molecule has 3 heteroatoms. The zero-order chi connectivity index (χ0) is 6.69. The van der Waals surface area contributed by atoms with E-state index in [1.165, 1.54) is 19.4 Å². The van der Waals surface area contributed by atoms with Crippen LogP contribution in [0.15, 0.2) is 0 Å². The average molecular weight is 147 g/mol. The Balaban J connectivity index is 2.22. The van der Waals surface area contributed by atoms with Crippen molar-refractivity contribution in [3.05, 3.63) is 0 Å². The normalized spacial score (nSPS) is 29.3. The molecule has 1 rings (SSSR count). The molecule has 0 spiro atoms. The predicted molar refractivity (Wildman–Crippen MR) is 40.6 cm³/mol. The lowest BCUT2D eigenvalue weighted by Gasteiger charge is -2.16. The van der Waals surface area contributed by atoms with Crippen LogP contribution in [0, 0.1) is 0 Å². The molecule has 1 fully saturated rings. The van der Waals surface area contributed by atoms with Crippen molar-refractivity contribution < 1.29 is 4.18 Å². The molecule has 0 saturated carbocycles. The van der Waals surface area contributed by atoms with E-state index in [9.17, 15) is 0 Å². The van der Waals surface area contributed by atoms with Crippen molar-refractivity contribution in [1.82, 2.24) is 4.90 Å². The molecular weight excluding hydrogens is 134 g/mol. The fourth-order valence-electron chi connectivity index (χ4n) is 1.28. The Kier molecular flexibility index (Phi) is 2.82. The van der Waals surface area contributed by atoms with E-state index in [4.69, 9.17) is 4.18 Å². The van der Waals surface area contributed by atoms with Crippen LogP contribution in [0.1, 0.15) is 12.8 Å². The van der Waals surface area contributed by atoms with E-state index >= 15 is 0 Å². The lowest BCUT2D eigenvalue weighted by molar-refractivity contribution is 0.222. The van der Waals surface area contributed by atoms with Crippen LogP contribution in [-0.4, -0.2) is 31.1 Å². The van der Waals surface area contributed by atoms with E-state index in [2.05, 4.69) is 24.9 Å². The second-order valence-electron chi connectivity index (χ2n) is 2.57. The second kappa shape index (κ2) is 3.44. The molecule has 1 heterocycles. The SMILES string of the molecule is CN1CCC[C@@H]1COS. The summed E-state index contributed by atoms with van der Waals surface area (Å²) in [7, 11) is 2.13. The van der Waals surface area contributed by atoms with Gasteiger partial charge in [0.1, 0.15) is 0 Å². The van der Waals surface area contributed by atoms with Crippen molar-refractivity contribution in [2.75, 3.05) is 20.2 Å². The topological polar surface area (TPSA) is 12.5 Å². The summed E-state index contributed by atoms with van der Waals surface area (Å²) in [6.07, 6.45) is 2.56. The molecule has 0 unspecified atom stereocenters. The molecule has 2 nitrogen and oxygen atoms in total. The summed E-state index contributed by atoms with van der Waals surface area (Å²) in [6.45, 7) is 1.97. The van der Waals surface area contributed by atoms with E-state index < -0.39 is 0 Å². The maximum atomic E-state index is 4.75. The second-order valence-corrected chi connectivity index (χ2v) is 2.83. The molecule has 9 heavy (non-hydrogen) atoms. The highest BCUT2D eigenvalue weighted by Crippen LogP contribution is 2.14. The van der Waals surface area contributed by atoms with Gasteiger partial charge in [0.2, 0.25) is 0 Å². The van der Waals surface area contributed by atoms with Crippen LogP contribution in [0.25, 0.3) is 0 Å². The van der Waals surface area contributed by atoms with Gasteiger partial charge in [-0.25, -0.2) is 0 Å². The van der Waals surface area contributed by atoms with Crippen molar-refractivity contribution in [3.63, 3.8) is 0 Å². The third-order valence-corrected chi connectivity index (χ3v) is 2.09. The van der Waals surface area contributed by atoms with Crippen LogP contribution < -0.4 is 0 Å². The molecule has 0 N–H and O–H groups in total. The summed E-state index contributed by atoms with van der Waals surface area (Å²) in [4.78, 5) is 2.32. The fourth-order valence-corrected chi connectivity index (χ4v) is 1.45. The van der Waals surface area contributed by atoms with E-state index in [0.717, 1.165) is 6.61 Å². The molecule has 54 valence electrons. The molecule has 0 amide bonds. The highest BCUT2D eigenvalue weighted by molar-refractivity contribution is 7.75. The van der Waals surface area contributed by atoms with Crippen molar-refractivity contribution in [1.29, 1.82) is 0 Å². The zero-order valence-corrected chi connectivity index (χ0v) is 6.60. The van der Waals surface area contributed by atoms with Gasteiger partial charge in [-0.15, -0.1) is 0 Å². The Morgan fingerprint density at radius 3 is 3.00 bits per heavy atom. The van der Waals surface area contributed by atoms with Gasteiger partial charge in [-0.1, -0.05) is 0 Å². The molecule has 0 radical (unpaired) electrons. The Labute approximate surface area is 61.8 Å². The molecule has 0 aromatic rings. The average Bonchev–Trinajstić information content (AvgIpc) is 2.18. The number of likely N-dealkylation sites (tertiary alicyclic amines) is 1. The quantitative estimate of drug-likeness (QED) is 0.461. The highest BCUT2D eigenvalue weighted by atomic mass is 32.1. The van der Waals surface area contributed by atoms with Gasteiger partial charge >= 0.3 is 0 Å². The Morgan fingerprint density at radius 1 is 1.78 bits per heavy atom. The Bertz CT molecular complexity index is 89.1. The van der Waals surface area contributed by atoms with Crippen molar-refractivity contribution in [2.24, 2.45) is 0 Å². The first-order valence-electron chi connectivity index (χ1n) is 3.31. The number of hydrogen-bond acceptors (Lipinski definition) is 3. The summed E-state index contributed by atoms with van der Waals surface area (Å²) in [5.41, 5.74) is 0. The first-order valence-corrected chi connectivity index (χ1v) is 3.67. The summed E-state index contributed by atoms with van der Waals surface area (Å²) in [5.74, 6) is 0. The van der Waals surface area contributed by atoms with Crippen molar-refractivity contribution in [2.45, 2.75) is 18.9 Å². The third kappa shape index (κ3) is 1.85. The van der Waals surface area contributed by atoms with E-state index in [-0.39, 0.29) is 0 Å². The predicted octanol–water partition coefficient (Wildman–Crippen LogP) is 0.942. The monoisotopic (exact) mass is 147 g/mol. The maximum Gasteiger partial charge on any atom is 0.0766 e. The third-order valence-electron chi connectivity index (χ3n) is 1.94. The van der Waals surface area contributed by atoms with Gasteiger partial charge in [0.15, 0.2) is 0 Å². The zero-order valence-electron chi connectivity index (χ0n) is 5.71. The molecule has 1 atom stereocenters. The minimum Gasteiger partial charge on any atom is -0.317 e. The van der Waals surface area contributed by atoms with Gasteiger partial charge in [0.05, 0.1) is 6.61 Å². The lowest BCUT2D eigenvalue weighted by atomic mass is 10.2. The van der Waals surface area contributed by atoms with Crippen LogP contribution in [0.2, 0.25) is 0 Å². The Morgan fingerprint density at radius 2 is 2.56 bits per heavy atom. The Hall–Kier alpha value is 0.270. The minimum absolute atomic E-state index is 0.613. The fraction of sp³-hybridized carbons (Fsp3) is 1.00. The first-order chi connectivity index (χ1) is 4.34. The molecule has 0 aliphatic carbocycles. The summed E-state index contributed by atoms with van der Waals surface area (Å²) in [6, 6.07) is 0.613. The molecule has 0 bridgehead atoms. The van der Waals surface area contributed by atoms with Crippen molar-refractivity contribution in [3.8, 4) is 0 Å². The van der Waals surface area contributed by atoms with Crippen LogP contribution in [0.4, 0.5) is 0 Å². The molecule has 1 saturated heterocycles. The van der Waals surface area contributed by atoms with Crippen LogP contribution in [0.3, 0.4) is 0 Å². The lowest BCUT2D eigenvalue weighted by Crippen LogP contribution is -2.28. The van der Waals surface area contributed by atoms with Crippen LogP contribution >= 0.6 is 12.9 Å². The van der Waals surface area contributed by atoms with Crippen molar-refractivity contribution >= 4 is 12.9 Å². The molecule has 1 aliphatic heterocycles. The summed E-state index contributed by atoms with van der Waals surface area (Å²) < 4.78 is 4.75. The van der Waals surface area contributed by atoms with Gasteiger partial charge in [-0.2, -0.15) is 0 Å². The van der Waals surface area contributed by atoms with E-state index in [1.54, 1.807) is 0 Å². The molecule has 1 aliphatic rings. The standard InChI is InChI=1S/C6H13NOS/c1-7-4-2-3-6(7)5-8-9/h6,9H,2-5H2,1H3/t6-/m1/s1. The largest absolute Gasteiger partial charge is 0.317 e. The molecule has 0 aromatic carbocycles. The summed E-state index contributed by atoms with van der Waals surface area (Å²) in [5, 5.41) is 0. The summed E-state index contributed by atoms with van der Waals surface area (Å²) >= 11 is 3.71. The number of likely N-dealkylation sites (N-methyl/N-ethyl adjacent to an activating group) is 1.